The lowest BCUT2D eigenvalue weighted by Crippen LogP contribution is -2.51. The maximum absolute atomic E-state index is 12.7. The van der Waals surface area contributed by atoms with Crippen LogP contribution in [0.5, 0.6) is 0 Å². The van der Waals surface area contributed by atoms with E-state index in [0.717, 1.165) is 6.54 Å². The lowest BCUT2D eigenvalue weighted by molar-refractivity contribution is 0.0710. The molecule has 1 atom stereocenters. The zero-order valence-electron chi connectivity index (χ0n) is 13.3. The predicted molar refractivity (Wildman–Crippen MR) is 87.1 cm³/mol. The number of hydrogen-bond donors (Lipinski definition) is 3. The predicted octanol–water partition coefficient (Wildman–Crippen LogP) is 1.65. The van der Waals surface area contributed by atoms with E-state index < -0.39 is 0 Å². The SMILES string of the molecule is CC(C)NC(=O)Nc1ccccc1C(=O)N1CCNC(C)C1. The van der Waals surface area contributed by atoms with Crippen LogP contribution in [0.15, 0.2) is 24.3 Å². The van der Waals surface area contributed by atoms with Crippen molar-refractivity contribution in [1.29, 1.82) is 0 Å². The topological polar surface area (TPSA) is 73.5 Å². The van der Waals surface area contributed by atoms with Gasteiger partial charge in [0, 0.05) is 31.7 Å². The Labute approximate surface area is 131 Å². The van der Waals surface area contributed by atoms with Crippen molar-refractivity contribution in [3.63, 3.8) is 0 Å². The van der Waals surface area contributed by atoms with Gasteiger partial charge >= 0.3 is 6.03 Å². The van der Waals surface area contributed by atoms with Crippen molar-refractivity contribution in [2.45, 2.75) is 32.9 Å². The largest absolute Gasteiger partial charge is 0.336 e. The number of nitrogens with one attached hydrogen (secondary N) is 3. The molecule has 1 heterocycles. The summed E-state index contributed by atoms with van der Waals surface area (Å²) in [5.74, 6) is -0.0474. The molecule has 0 aromatic heterocycles. The third-order valence-corrected chi connectivity index (χ3v) is 3.48. The van der Waals surface area contributed by atoms with Crippen LogP contribution in [-0.2, 0) is 0 Å². The number of amides is 3. The molecule has 0 bridgehead atoms. The molecule has 0 radical (unpaired) electrons. The zero-order chi connectivity index (χ0) is 16.1. The van der Waals surface area contributed by atoms with E-state index in [2.05, 4.69) is 22.9 Å². The maximum Gasteiger partial charge on any atom is 0.319 e. The van der Waals surface area contributed by atoms with Gasteiger partial charge in [-0.2, -0.15) is 0 Å². The fraction of sp³-hybridized carbons (Fsp3) is 0.500. The molecule has 0 saturated carbocycles. The van der Waals surface area contributed by atoms with Gasteiger partial charge in [0.15, 0.2) is 0 Å². The minimum absolute atomic E-state index is 0.0388. The minimum atomic E-state index is -0.302. The Bertz CT molecular complexity index is 545. The lowest BCUT2D eigenvalue weighted by atomic mass is 10.1. The summed E-state index contributed by atoms with van der Waals surface area (Å²) in [6, 6.07) is 7.13. The van der Waals surface area contributed by atoms with Crippen molar-refractivity contribution in [1.82, 2.24) is 15.5 Å². The van der Waals surface area contributed by atoms with Gasteiger partial charge in [-0.05, 0) is 32.9 Å². The Balaban J connectivity index is 2.13. The number of benzene rings is 1. The highest BCUT2D eigenvalue weighted by atomic mass is 16.2. The van der Waals surface area contributed by atoms with E-state index in [9.17, 15) is 9.59 Å². The van der Waals surface area contributed by atoms with Crippen LogP contribution >= 0.6 is 0 Å². The molecule has 1 aliphatic heterocycles. The molecule has 3 N–H and O–H groups in total. The average Bonchev–Trinajstić information content (AvgIpc) is 2.46. The van der Waals surface area contributed by atoms with Crippen LogP contribution in [0, 0.1) is 0 Å². The van der Waals surface area contributed by atoms with Crippen LogP contribution in [0.4, 0.5) is 10.5 Å². The summed E-state index contributed by atoms with van der Waals surface area (Å²) in [7, 11) is 0. The third kappa shape index (κ3) is 4.21. The van der Waals surface area contributed by atoms with Crippen LogP contribution in [-0.4, -0.2) is 48.6 Å². The number of urea groups is 1. The monoisotopic (exact) mass is 304 g/mol. The van der Waals surface area contributed by atoms with Crippen molar-refractivity contribution in [3.8, 4) is 0 Å². The van der Waals surface area contributed by atoms with Gasteiger partial charge < -0.3 is 20.9 Å². The Hall–Kier alpha value is -2.08. The Kier molecular flexibility index (Phi) is 5.38. The van der Waals surface area contributed by atoms with E-state index in [0.29, 0.717) is 24.3 Å². The molecule has 0 aliphatic carbocycles. The summed E-state index contributed by atoms with van der Waals surface area (Å²) in [4.78, 5) is 26.4. The van der Waals surface area contributed by atoms with Crippen molar-refractivity contribution >= 4 is 17.6 Å². The number of rotatable bonds is 3. The second-order valence-electron chi connectivity index (χ2n) is 5.91. The lowest BCUT2D eigenvalue weighted by Gasteiger charge is -2.32. The number of carbonyl (C=O) groups is 2. The van der Waals surface area contributed by atoms with Gasteiger partial charge in [0.1, 0.15) is 0 Å². The van der Waals surface area contributed by atoms with E-state index in [-0.39, 0.29) is 24.0 Å². The van der Waals surface area contributed by atoms with Crippen molar-refractivity contribution < 1.29 is 9.59 Å². The molecular formula is C16H24N4O2. The summed E-state index contributed by atoms with van der Waals surface area (Å²) < 4.78 is 0. The Morgan fingerprint density at radius 3 is 2.73 bits per heavy atom. The van der Waals surface area contributed by atoms with Crippen molar-refractivity contribution in [2.75, 3.05) is 25.0 Å². The molecule has 1 aliphatic rings. The fourth-order valence-electron chi connectivity index (χ4n) is 2.49. The molecule has 0 spiro atoms. The van der Waals surface area contributed by atoms with Crippen molar-refractivity contribution in [3.05, 3.63) is 29.8 Å². The fourth-order valence-corrected chi connectivity index (χ4v) is 2.49. The summed E-state index contributed by atoms with van der Waals surface area (Å²) in [6.45, 7) is 7.97. The first-order chi connectivity index (χ1) is 10.5. The van der Waals surface area contributed by atoms with Gasteiger partial charge in [0.05, 0.1) is 11.3 Å². The minimum Gasteiger partial charge on any atom is -0.336 e. The molecular weight excluding hydrogens is 280 g/mol. The highest BCUT2D eigenvalue weighted by molar-refractivity contribution is 6.03. The standard InChI is InChI=1S/C16H24N4O2/c1-11(2)18-16(22)19-14-7-5-4-6-13(14)15(21)20-9-8-17-12(3)10-20/h4-7,11-12,17H,8-10H2,1-3H3,(H2,18,19,22). The summed E-state index contributed by atoms with van der Waals surface area (Å²) >= 11 is 0. The van der Waals surface area contributed by atoms with Crippen LogP contribution in [0.3, 0.4) is 0 Å². The number of hydrogen-bond acceptors (Lipinski definition) is 3. The van der Waals surface area contributed by atoms with Gasteiger partial charge in [-0.25, -0.2) is 4.79 Å². The van der Waals surface area contributed by atoms with E-state index in [1.165, 1.54) is 0 Å². The molecule has 22 heavy (non-hydrogen) atoms. The highest BCUT2D eigenvalue weighted by Crippen LogP contribution is 2.18. The molecule has 1 aromatic carbocycles. The second-order valence-corrected chi connectivity index (χ2v) is 5.91. The molecule has 1 fully saturated rings. The number of anilines is 1. The van der Waals surface area contributed by atoms with E-state index in [1.807, 2.05) is 30.9 Å². The molecule has 3 amide bonds. The first kappa shape index (κ1) is 16.3. The van der Waals surface area contributed by atoms with Crippen LogP contribution < -0.4 is 16.0 Å². The quantitative estimate of drug-likeness (QED) is 0.795. The second kappa shape index (κ2) is 7.26. The molecule has 6 nitrogen and oxygen atoms in total. The first-order valence-electron chi connectivity index (χ1n) is 7.66. The van der Waals surface area contributed by atoms with E-state index in [1.54, 1.807) is 12.1 Å². The summed E-state index contributed by atoms with van der Waals surface area (Å²) in [6.07, 6.45) is 0. The van der Waals surface area contributed by atoms with Crippen LogP contribution in [0.25, 0.3) is 0 Å². The maximum atomic E-state index is 12.7. The van der Waals surface area contributed by atoms with Gasteiger partial charge in [-0.15, -0.1) is 0 Å². The van der Waals surface area contributed by atoms with Gasteiger partial charge in [0.2, 0.25) is 0 Å². The van der Waals surface area contributed by atoms with Crippen LogP contribution in [0.2, 0.25) is 0 Å². The average molecular weight is 304 g/mol. The van der Waals surface area contributed by atoms with Gasteiger partial charge in [-0.1, -0.05) is 12.1 Å². The number of nitrogens with zero attached hydrogens (tertiary/aromatic N) is 1. The molecule has 2 rings (SSSR count). The number of piperazine rings is 1. The third-order valence-electron chi connectivity index (χ3n) is 3.48. The zero-order valence-corrected chi connectivity index (χ0v) is 13.3. The van der Waals surface area contributed by atoms with E-state index in [4.69, 9.17) is 0 Å². The van der Waals surface area contributed by atoms with Gasteiger partial charge in [0.25, 0.3) is 5.91 Å². The molecule has 1 unspecified atom stereocenters. The first-order valence-corrected chi connectivity index (χ1v) is 7.66. The molecule has 6 heteroatoms. The smallest absolute Gasteiger partial charge is 0.319 e. The summed E-state index contributed by atoms with van der Waals surface area (Å²) in [5, 5.41) is 8.83. The molecule has 1 saturated heterocycles. The molecule has 1 aromatic rings. The summed E-state index contributed by atoms with van der Waals surface area (Å²) in [5.41, 5.74) is 1.06. The Morgan fingerprint density at radius 1 is 1.32 bits per heavy atom. The normalized spacial score (nSPS) is 18.2. The highest BCUT2D eigenvalue weighted by Gasteiger charge is 2.23. The molecule has 120 valence electrons. The van der Waals surface area contributed by atoms with Gasteiger partial charge in [-0.3, -0.25) is 4.79 Å². The number of carbonyl (C=O) groups excluding carboxylic acids is 2. The number of para-hydroxylation sites is 1. The van der Waals surface area contributed by atoms with Crippen molar-refractivity contribution in [2.24, 2.45) is 0 Å². The Morgan fingerprint density at radius 2 is 2.05 bits per heavy atom. The van der Waals surface area contributed by atoms with Crippen LogP contribution in [0.1, 0.15) is 31.1 Å². The van der Waals surface area contributed by atoms with E-state index >= 15 is 0 Å².